The molecule has 82 valence electrons. The number of esters is 1. The van der Waals surface area contributed by atoms with E-state index >= 15 is 0 Å². The first-order valence-corrected chi connectivity index (χ1v) is 4.69. The molecule has 0 amide bonds. The van der Waals surface area contributed by atoms with Gasteiger partial charge in [-0.3, -0.25) is 0 Å². The van der Waals surface area contributed by atoms with E-state index in [0.29, 0.717) is 12.4 Å². The van der Waals surface area contributed by atoms with Crippen LogP contribution in [0.15, 0.2) is 18.2 Å². The Bertz CT molecular complexity index is 344. The van der Waals surface area contributed by atoms with Crippen molar-refractivity contribution in [1.82, 2.24) is 4.98 Å². The number of aromatic nitrogens is 1. The summed E-state index contributed by atoms with van der Waals surface area (Å²) in [6.45, 7) is 3.68. The molecule has 0 saturated carbocycles. The van der Waals surface area contributed by atoms with Crippen molar-refractivity contribution in [1.29, 1.82) is 0 Å². The Labute approximate surface area is 87.5 Å². The normalized spacial score (nSPS) is 11.9. The van der Waals surface area contributed by atoms with E-state index in [0.717, 1.165) is 0 Å². The molecule has 0 saturated heterocycles. The standard InChI is InChI=1S/C10H13FN2O2/c1-3-15-10(14)7(2)12-9-6-4-5-8(11)13-9/h4-7H,3H2,1-2H3,(H,12,13). The lowest BCUT2D eigenvalue weighted by Gasteiger charge is -2.12. The minimum absolute atomic E-state index is 0.315. The number of pyridine rings is 1. The predicted octanol–water partition coefficient (Wildman–Crippen LogP) is 1.58. The highest BCUT2D eigenvalue weighted by molar-refractivity contribution is 5.78. The molecule has 0 aliphatic rings. The van der Waals surface area contributed by atoms with E-state index < -0.39 is 12.0 Å². The molecule has 0 fully saturated rings. The van der Waals surface area contributed by atoms with Crippen molar-refractivity contribution in [3.8, 4) is 0 Å². The van der Waals surface area contributed by atoms with Crippen molar-refractivity contribution in [3.05, 3.63) is 24.1 Å². The largest absolute Gasteiger partial charge is 0.464 e. The van der Waals surface area contributed by atoms with Gasteiger partial charge in [0.15, 0.2) is 0 Å². The smallest absolute Gasteiger partial charge is 0.328 e. The van der Waals surface area contributed by atoms with Gasteiger partial charge in [-0.1, -0.05) is 6.07 Å². The zero-order valence-electron chi connectivity index (χ0n) is 8.66. The highest BCUT2D eigenvalue weighted by Gasteiger charge is 2.13. The van der Waals surface area contributed by atoms with Crippen LogP contribution in [0.5, 0.6) is 0 Å². The van der Waals surface area contributed by atoms with E-state index in [2.05, 4.69) is 10.3 Å². The fourth-order valence-corrected chi connectivity index (χ4v) is 1.04. The Morgan fingerprint density at radius 2 is 2.40 bits per heavy atom. The third-order valence-corrected chi connectivity index (χ3v) is 1.72. The minimum atomic E-state index is -0.587. The Morgan fingerprint density at radius 1 is 1.67 bits per heavy atom. The number of anilines is 1. The molecule has 4 nitrogen and oxygen atoms in total. The number of nitrogens with one attached hydrogen (secondary N) is 1. The Morgan fingerprint density at radius 3 is 3.00 bits per heavy atom. The van der Waals surface area contributed by atoms with Gasteiger partial charge in [0.05, 0.1) is 6.61 Å². The monoisotopic (exact) mass is 212 g/mol. The van der Waals surface area contributed by atoms with Crippen LogP contribution >= 0.6 is 0 Å². The zero-order chi connectivity index (χ0) is 11.3. The van der Waals surface area contributed by atoms with Crippen LogP contribution in [-0.4, -0.2) is 23.6 Å². The van der Waals surface area contributed by atoms with Crippen molar-refractivity contribution in [3.63, 3.8) is 0 Å². The number of hydrogen-bond donors (Lipinski definition) is 1. The molecule has 1 aromatic heterocycles. The Kier molecular flexibility index (Phi) is 4.03. The zero-order valence-corrected chi connectivity index (χ0v) is 8.66. The number of carbonyl (C=O) groups is 1. The maximum atomic E-state index is 12.7. The molecule has 0 radical (unpaired) electrons. The molecule has 0 spiro atoms. The molecular formula is C10H13FN2O2. The van der Waals surface area contributed by atoms with Crippen LogP contribution in [-0.2, 0) is 9.53 Å². The van der Waals surface area contributed by atoms with E-state index in [9.17, 15) is 9.18 Å². The maximum Gasteiger partial charge on any atom is 0.328 e. The van der Waals surface area contributed by atoms with Gasteiger partial charge in [0.25, 0.3) is 0 Å². The average Bonchev–Trinajstić information content (AvgIpc) is 2.18. The predicted molar refractivity (Wildman–Crippen MR) is 53.9 cm³/mol. The molecule has 15 heavy (non-hydrogen) atoms. The van der Waals surface area contributed by atoms with Crippen molar-refractivity contribution < 1.29 is 13.9 Å². The minimum Gasteiger partial charge on any atom is -0.464 e. The number of rotatable bonds is 4. The summed E-state index contributed by atoms with van der Waals surface area (Å²) in [6.07, 6.45) is 0. The molecule has 1 atom stereocenters. The fourth-order valence-electron chi connectivity index (χ4n) is 1.04. The van der Waals surface area contributed by atoms with E-state index in [1.54, 1.807) is 19.9 Å². The molecule has 0 bridgehead atoms. The van der Waals surface area contributed by atoms with Gasteiger partial charge in [0.1, 0.15) is 11.9 Å². The summed E-state index contributed by atoms with van der Waals surface area (Å²) < 4.78 is 17.5. The quantitative estimate of drug-likeness (QED) is 0.608. The number of ether oxygens (including phenoxy) is 1. The molecule has 0 aliphatic heterocycles. The summed E-state index contributed by atoms with van der Waals surface area (Å²) in [7, 11) is 0. The summed E-state index contributed by atoms with van der Waals surface area (Å²) in [4.78, 5) is 14.8. The van der Waals surface area contributed by atoms with Crippen molar-refractivity contribution in [2.75, 3.05) is 11.9 Å². The van der Waals surface area contributed by atoms with Crippen LogP contribution in [0.1, 0.15) is 13.8 Å². The molecular weight excluding hydrogens is 199 g/mol. The number of nitrogens with zero attached hydrogens (tertiary/aromatic N) is 1. The highest BCUT2D eigenvalue weighted by atomic mass is 19.1. The van der Waals surface area contributed by atoms with E-state index in [1.165, 1.54) is 12.1 Å². The SMILES string of the molecule is CCOC(=O)C(C)Nc1cccc(F)n1. The van der Waals surface area contributed by atoms with Gasteiger partial charge in [0, 0.05) is 0 Å². The van der Waals surface area contributed by atoms with Crippen molar-refractivity contribution in [2.24, 2.45) is 0 Å². The summed E-state index contributed by atoms with van der Waals surface area (Å²) >= 11 is 0. The Hall–Kier alpha value is -1.65. The molecule has 1 aromatic rings. The molecule has 1 N–H and O–H groups in total. The van der Waals surface area contributed by atoms with Crippen LogP contribution in [0.4, 0.5) is 10.2 Å². The summed E-state index contributed by atoms with van der Waals surface area (Å²) in [5.74, 6) is -0.657. The molecule has 1 rings (SSSR count). The lowest BCUT2D eigenvalue weighted by Crippen LogP contribution is -2.28. The third-order valence-electron chi connectivity index (χ3n) is 1.72. The molecule has 5 heteroatoms. The molecule has 0 aromatic carbocycles. The van der Waals surface area contributed by atoms with Gasteiger partial charge < -0.3 is 10.1 Å². The van der Waals surface area contributed by atoms with Crippen molar-refractivity contribution in [2.45, 2.75) is 19.9 Å². The van der Waals surface area contributed by atoms with Gasteiger partial charge in [-0.25, -0.2) is 9.78 Å². The Balaban J connectivity index is 2.58. The maximum absolute atomic E-state index is 12.7. The summed E-state index contributed by atoms with van der Waals surface area (Å²) in [5, 5.41) is 2.74. The highest BCUT2D eigenvalue weighted by Crippen LogP contribution is 2.05. The number of carbonyl (C=O) groups excluding carboxylic acids is 1. The second-order valence-corrected chi connectivity index (χ2v) is 2.96. The number of hydrogen-bond acceptors (Lipinski definition) is 4. The van der Waals surface area contributed by atoms with Gasteiger partial charge in [0.2, 0.25) is 5.95 Å². The van der Waals surface area contributed by atoms with Gasteiger partial charge in [-0.2, -0.15) is 4.39 Å². The topological polar surface area (TPSA) is 51.2 Å². The fraction of sp³-hybridized carbons (Fsp3) is 0.400. The molecule has 1 heterocycles. The van der Waals surface area contributed by atoms with Gasteiger partial charge in [-0.05, 0) is 26.0 Å². The second-order valence-electron chi connectivity index (χ2n) is 2.96. The summed E-state index contributed by atoms with van der Waals surface area (Å²) in [5.41, 5.74) is 0. The van der Waals surface area contributed by atoms with Crippen LogP contribution in [0.25, 0.3) is 0 Å². The molecule has 0 aliphatic carbocycles. The van der Waals surface area contributed by atoms with E-state index in [4.69, 9.17) is 4.74 Å². The van der Waals surface area contributed by atoms with Crippen LogP contribution < -0.4 is 5.32 Å². The van der Waals surface area contributed by atoms with Crippen LogP contribution in [0.3, 0.4) is 0 Å². The van der Waals surface area contributed by atoms with Gasteiger partial charge in [-0.15, -0.1) is 0 Å². The van der Waals surface area contributed by atoms with Crippen LogP contribution in [0.2, 0.25) is 0 Å². The first kappa shape index (κ1) is 11.4. The third kappa shape index (κ3) is 3.53. The van der Waals surface area contributed by atoms with E-state index in [1.807, 2.05) is 0 Å². The first-order valence-electron chi connectivity index (χ1n) is 4.69. The lowest BCUT2D eigenvalue weighted by molar-refractivity contribution is -0.143. The second kappa shape index (κ2) is 5.29. The average molecular weight is 212 g/mol. The summed E-state index contributed by atoms with van der Waals surface area (Å²) in [6, 6.07) is 3.79. The first-order chi connectivity index (χ1) is 7.13. The number of halogens is 1. The molecule has 1 unspecified atom stereocenters. The lowest BCUT2D eigenvalue weighted by atomic mass is 10.3. The van der Waals surface area contributed by atoms with Crippen LogP contribution in [0, 0.1) is 5.95 Å². The van der Waals surface area contributed by atoms with Gasteiger partial charge >= 0.3 is 5.97 Å². The van der Waals surface area contributed by atoms with E-state index in [-0.39, 0.29) is 5.97 Å². The van der Waals surface area contributed by atoms with Crippen molar-refractivity contribution >= 4 is 11.8 Å².